The molecule has 1 aromatic heterocycles. The van der Waals surface area contributed by atoms with E-state index in [1.807, 2.05) is 57.2 Å². The maximum atomic E-state index is 13.2. The van der Waals surface area contributed by atoms with Gasteiger partial charge in [-0.2, -0.15) is 5.10 Å². The Morgan fingerprint density at radius 1 is 0.806 bits per heavy atom. The smallest absolute Gasteiger partial charge is 0.259 e. The van der Waals surface area contributed by atoms with Crippen LogP contribution in [-0.4, -0.2) is 34.8 Å². The average molecular weight is 485 g/mol. The highest BCUT2D eigenvalue weighted by atomic mass is 16.5. The molecule has 3 aromatic carbocycles. The molecule has 1 heterocycles. The van der Waals surface area contributed by atoms with Crippen molar-refractivity contribution in [1.82, 2.24) is 9.78 Å². The summed E-state index contributed by atoms with van der Waals surface area (Å²) in [6.07, 6.45) is 1.54. The molecule has 0 fully saturated rings. The summed E-state index contributed by atoms with van der Waals surface area (Å²) < 4.78 is 13.3. The first-order valence-corrected chi connectivity index (χ1v) is 11.7. The van der Waals surface area contributed by atoms with Crippen LogP contribution in [0.3, 0.4) is 0 Å². The van der Waals surface area contributed by atoms with Crippen LogP contribution in [0.25, 0.3) is 5.69 Å². The topological polar surface area (TPSA) is 94.5 Å². The second-order valence-electron chi connectivity index (χ2n) is 7.88. The molecule has 4 aromatic rings. The van der Waals surface area contributed by atoms with Crippen LogP contribution in [0.4, 0.5) is 11.4 Å². The van der Waals surface area contributed by atoms with Crippen molar-refractivity contribution in [2.75, 3.05) is 23.8 Å². The van der Waals surface area contributed by atoms with Gasteiger partial charge in [0.1, 0.15) is 11.5 Å². The number of hydrogen-bond donors (Lipinski definition) is 2. The van der Waals surface area contributed by atoms with Gasteiger partial charge in [-0.05, 0) is 45.0 Å². The summed E-state index contributed by atoms with van der Waals surface area (Å²) in [4.78, 5) is 26.0. The fourth-order valence-corrected chi connectivity index (χ4v) is 3.74. The minimum absolute atomic E-state index is 0.278. The molecule has 0 saturated carbocycles. The number of amides is 2. The first kappa shape index (κ1) is 24.5. The molecular weight excluding hydrogens is 456 g/mol. The molecule has 2 amide bonds. The Kier molecular flexibility index (Phi) is 7.65. The predicted octanol–water partition coefficient (Wildman–Crippen LogP) is 5.48. The van der Waals surface area contributed by atoms with Crippen LogP contribution in [-0.2, 0) is 0 Å². The van der Waals surface area contributed by atoms with Crippen LogP contribution in [0.5, 0.6) is 11.5 Å². The highest BCUT2D eigenvalue weighted by molar-refractivity contribution is 6.07. The van der Waals surface area contributed by atoms with Crippen molar-refractivity contribution in [3.8, 4) is 17.2 Å². The second-order valence-corrected chi connectivity index (χ2v) is 7.88. The SMILES string of the molecule is CCOc1cc(NC(=O)c2cnn(-c3ccccc3)c2C)c(OCC)cc1NC(=O)c1ccccc1. The van der Waals surface area contributed by atoms with Crippen molar-refractivity contribution in [2.45, 2.75) is 20.8 Å². The molecule has 0 unspecified atom stereocenters. The quantitative estimate of drug-likeness (QED) is 0.328. The van der Waals surface area contributed by atoms with Gasteiger partial charge in [0.05, 0.1) is 47.7 Å². The maximum Gasteiger partial charge on any atom is 0.259 e. The minimum Gasteiger partial charge on any atom is -0.492 e. The molecule has 36 heavy (non-hydrogen) atoms. The second kappa shape index (κ2) is 11.2. The van der Waals surface area contributed by atoms with E-state index in [1.54, 1.807) is 41.1 Å². The van der Waals surface area contributed by atoms with Gasteiger partial charge < -0.3 is 20.1 Å². The molecule has 184 valence electrons. The van der Waals surface area contributed by atoms with Crippen molar-refractivity contribution in [3.63, 3.8) is 0 Å². The van der Waals surface area contributed by atoms with Crippen molar-refractivity contribution >= 4 is 23.2 Å². The zero-order chi connectivity index (χ0) is 25.5. The van der Waals surface area contributed by atoms with Gasteiger partial charge in [0, 0.05) is 17.7 Å². The lowest BCUT2D eigenvalue weighted by molar-refractivity contribution is 0.101. The molecule has 0 spiro atoms. The summed E-state index contributed by atoms with van der Waals surface area (Å²) >= 11 is 0. The molecule has 8 nitrogen and oxygen atoms in total. The van der Waals surface area contributed by atoms with Gasteiger partial charge in [-0.25, -0.2) is 4.68 Å². The lowest BCUT2D eigenvalue weighted by Gasteiger charge is -2.18. The van der Waals surface area contributed by atoms with Gasteiger partial charge in [0.25, 0.3) is 11.8 Å². The molecule has 0 bridgehead atoms. The number of benzene rings is 3. The Bertz CT molecular complexity index is 1350. The lowest BCUT2D eigenvalue weighted by atomic mass is 10.1. The highest BCUT2D eigenvalue weighted by Gasteiger charge is 2.20. The Morgan fingerprint density at radius 3 is 1.89 bits per heavy atom. The third-order valence-electron chi connectivity index (χ3n) is 5.47. The number of nitrogens with one attached hydrogen (secondary N) is 2. The molecule has 0 atom stereocenters. The van der Waals surface area contributed by atoms with Crippen LogP contribution in [0, 0.1) is 6.92 Å². The summed E-state index contributed by atoms with van der Waals surface area (Å²) in [6.45, 7) is 6.27. The molecular formula is C28H28N4O4. The lowest BCUT2D eigenvalue weighted by Crippen LogP contribution is -2.16. The molecule has 0 aliphatic heterocycles. The Morgan fingerprint density at radius 2 is 1.33 bits per heavy atom. The third kappa shape index (κ3) is 5.38. The number of ether oxygens (including phenoxy) is 2. The van der Waals surface area contributed by atoms with E-state index in [1.165, 1.54) is 6.20 Å². The van der Waals surface area contributed by atoms with Crippen LogP contribution in [0.15, 0.2) is 79.0 Å². The van der Waals surface area contributed by atoms with Gasteiger partial charge in [-0.1, -0.05) is 36.4 Å². The van der Waals surface area contributed by atoms with Gasteiger partial charge in [-0.15, -0.1) is 0 Å². The third-order valence-corrected chi connectivity index (χ3v) is 5.47. The first-order chi connectivity index (χ1) is 17.5. The molecule has 2 N–H and O–H groups in total. The van der Waals surface area contributed by atoms with Crippen molar-refractivity contribution < 1.29 is 19.1 Å². The summed E-state index contributed by atoms with van der Waals surface area (Å²) in [5.74, 6) is 0.210. The molecule has 8 heteroatoms. The van der Waals surface area contributed by atoms with E-state index in [0.717, 1.165) is 5.69 Å². The number of carbonyl (C=O) groups excluding carboxylic acids is 2. The molecule has 4 rings (SSSR count). The number of carbonyl (C=O) groups is 2. The zero-order valence-electron chi connectivity index (χ0n) is 20.4. The largest absolute Gasteiger partial charge is 0.492 e. The monoisotopic (exact) mass is 484 g/mol. The first-order valence-electron chi connectivity index (χ1n) is 11.7. The van der Waals surface area contributed by atoms with E-state index in [0.29, 0.717) is 52.9 Å². The minimum atomic E-state index is -0.334. The number of rotatable bonds is 9. The van der Waals surface area contributed by atoms with Crippen LogP contribution in [0.1, 0.15) is 40.3 Å². The van der Waals surface area contributed by atoms with E-state index < -0.39 is 0 Å². The van der Waals surface area contributed by atoms with Gasteiger partial charge in [0.15, 0.2) is 0 Å². The Hall–Kier alpha value is -4.59. The van der Waals surface area contributed by atoms with Gasteiger partial charge in [0.2, 0.25) is 0 Å². The normalized spacial score (nSPS) is 10.5. The van der Waals surface area contributed by atoms with Gasteiger partial charge in [-0.3, -0.25) is 9.59 Å². The Labute approximate surface area is 209 Å². The van der Waals surface area contributed by atoms with Crippen LogP contribution < -0.4 is 20.1 Å². The average Bonchev–Trinajstić information content (AvgIpc) is 3.29. The van der Waals surface area contributed by atoms with Crippen molar-refractivity contribution in [2.24, 2.45) is 0 Å². The number of anilines is 2. The van der Waals surface area contributed by atoms with Gasteiger partial charge >= 0.3 is 0 Å². The number of aromatic nitrogens is 2. The highest BCUT2D eigenvalue weighted by Crippen LogP contribution is 2.37. The van der Waals surface area contributed by atoms with E-state index >= 15 is 0 Å². The van der Waals surface area contributed by atoms with E-state index in [9.17, 15) is 9.59 Å². The maximum absolute atomic E-state index is 13.2. The standard InChI is InChI=1S/C28H28N4O4/c1-4-35-25-17-24(26(36-5-2)16-23(25)30-27(33)20-12-8-6-9-13-20)31-28(34)22-18-29-32(19(22)3)21-14-10-7-11-15-21/h6-18H,4-5H2,1-3H3,(H,30,33)(H,31,34). The molecule has 0 aliphatic rings. The molecule has 0 saturated heterocycles. The fourth-order valence-electron chi connectivity index (χ4n) is 3.74. The summed E-state index contributed by atoms with van der Waals surface area (Å²) in [7, 11) is 0. The van der Waals surface area contributed by atoms with Crippen molar-refractivity contribution in [3.05, 3.63) is 95.8 Å². The van der Waals surface area contributed by atoms with Crippen LogP contribution in [0.2, 0.25) is 0 Å². The summed E-state index contributed by atoms with van der Waals surface area (Å²) in [5.41, 5.74) is 3.38. The summed E-state index contributed by atoms with van der Waals surface area (Å²) in [6, 6.07) is 21.8. The number of para-hydroxylation sites is 1. The molecule has 0 radical (unpaired) electrons. The van der Waals surface area contributed by atoms with E-state index in [2.05, 4.69) is 15.7 Å². The molecule has 0 aliphatic carbocycles. The summed E-state index contributed by atoms with van der Waals surface area (Å²) in [5, 5.41) is 10.2. The van der Waals surface area contributed by atoms with Crippen LogP contribution >= 0.6 is 0 Å². The Balaban J connectivity index is 1.63. The fraction of sp³-hybridized carbons (Fsp3) is 0.179. The zero-order valence-corrected chi connectivity index (χ0v) is 20.4. The van der Waals surface area contributed by atoms with E-state index in [-0.39, 0.29) is 11.8 Å². The predicted molar refractivity (Wildman–Crippen MR) is 139 cm³/mol. The van der Waals surface area contributed by atoms with Crippen molar-refractivity contribution in [1.29, 1.82) is 0 Å². The number of hydrogen-bond acceptors (Lipinski definition) is 5. The van der Waals surface area contributed by atoms with E-state index in [4.69, 9.17) is 9.47 Å². The number of nitrogens with zero attached hydrogens (tertiary/aromatic N) is 2.